The van der Waals surface area contributed by atoms with E-state index in [0.717, 1.165) is 16.7 Å². The van der Waals surface area contributed by atoms with Gasteiger partial charge in [-0.2, -0.15) is 0 Å². The zero-order valence-corrected chi connectivity index (χ0v) is 11.1. The molecule has 2 aromatic heterocycles. The van der Waals surface area contributed by atoms with E-state index in [1.165, 1.54) is 11.8 Å². The van der Waals surface area contributed by atoms with E-state index < -0.39 is 0 Å². The lowest BCUT2D eigenvalue weighted by Crippen LogP contribution is -2.00. The second-order valence-corrected chi connectivity index (χ2v) is 5.04. The van der Waals surface area contributed by atoms with Crippen molar-refractivity contribution in [3.8, 4) is 0 Å². The van der Waals surface area contributed by atoms with E-state index in [9.17, 15) is 4.79 Å². The number of aromatic nitrogens is 1. The predicted octanol–water partition coefficient (Wildman–Crippen LogP) is 3.70. The van der Waals surface area contributed by atoms with Gasteiger partial charge in [0.25, 0.3) is 5.22 Å². The summed E-state index contributed by atoms with van der Waals surface area (Å²) in [6.45, 7) is 1.84. The fourth-order valence-electron chi connectivity index (χ4n) is 1.72. The number of nitrogens with zero attached hydrogens (tertiary/aromatic N) is 1. The van der Waals surface area contributed by atoms with E-state index in [1.54, 1.807) is 12.3 Å². The number of carbonyl (C=O) groups is 1. The lowest BCUT2D eigenvalue weighted by molar-refractivity contribution is 0.0994. The molecular formula is C14H11NO3S. The highest BCUT2D eigenvalue weighted by Crippen LogP contribution is 2.22. The van der Waals surface area contributed by atoms with Crippen LogP contribution in [0.4, 0.5) is 0 Å². The van der Waals surface area contributed by atoms with Crippen LogP contribution >= 0.6 is 11.8 Å². The van der Waals surface area contributed by atoms with Crippen molar-refractivity contribution in [3.05, 3.63) is 48.0 Å². The summed E-state index contributed by atoms with van der Waals surface area (Å²) >= 11 is 1.27. The average molecular weight is 273 g/mol. The third-order valence-electron chi connectivity index (χ3n) is 2.63. The minimum Gasteiger partial charge on any atom is -0.453 e. The summed E-state index contributed by atoms with van der Waals surface area (Å²) in [4.78, 5) is 16.1. The normalized spacial score (nSPS) is 11.0. The predicted molar refractivity (Wildman–Crippen MR) is 72.5 cm³/mol. The highest BCUT2D eigenvalue weighted by atomic mass is 32.2. The van der Waals surface area contributed by atoms with Crippen LogP contribution in [0.1, 0.15) is 16.2 Å². The van der Waals surface area contributed by atoms with Gasteiger partial charge < -0.3 is 8.83 Å². The van der Waals surface area contributed by atoms with Gasteiger partial charge >= 0.3 is 0 Å². The van der Waals surface area contributed by atoms with Gasteiger partial charge in [-0.1, -0.05) is 30.0 Å². The summed E-state index contributed by atoms with van der Waals surface area (Å²) < 4.78 is 10.7. The van der Waals surface area contributed by atoms with Crippen LogP contribution in [0.2, 0.25) is 0 Å². The number of ketones is 1. The molecule has 0 aliphatic heterocycles. The average Bonchev–Trinajstić information content (AvgIpc) is 3.01. The Balaban J connectivity index is 1.73. The summed E-state index contributed by atoms with van der Waals surface area (Å²) in [6, 6.07) is 9.32. The Morgan fingerprint density at radius 3 is 2.95 bits per heavy atom. The summed E-state index contributed by atoms with van der Waals surface area (Å²) in [6.07, 6.45) is 1.56. The van der Waals surface area contributed by atoms with Gasteiger partial charge in [0.1, 0.15) is 11.8 Å². The Labute approximate surface area is 113 Å². The second-order valence-electron chi connectivity index (χ2n) is 4.12. The highest BCUT2D eigenvalue weighted by Gasteiger charge is 2.14. The molecule has 0 radical (unpaired) electrons. The van der Waals surface area contributed by atoms with Crippen molar-refractivity contribution in [3.63, 3.8) is 0 Å². The molecule has 0 amide bonds. The first-order chi connectivity index (χ1) is 9.22. The molecule has 3 rings (SSSR count). The van der Waals surface area contributed by atoms with Crippen LogP contribution in [0.25, 0.3) is 11.0 Å². The number of hydrogen-bond donors (Lipinski definition) is 0. The Morgan fingerprint density at radius 2 is 2.21 bits per heavy atom. The van der Waals surface area contributed by atoms with Gasteiger partial charge in [-0.15, -0.1) is 0 Å². The number of rotatable bonds is 4. The van der Waals surface area contributed by atoms with Gasteiger partial charge in [-0.3, -0.25) is 4.79 Å². The van der Waals surface area contributed by atoms with Gasteiger partial charge in [0, 0.05) is 5.39 Å². The van der Waals surface area contributed by atoms with Crippen molar-refractivity contribution >= 4 is 28.5 Å². The molecule has 0 spiro atoms. The molecule has 96 valence electrons. The number of furan rings is 1. The molecule has 0 aliphatic carbocycles. The first kappa shape index (κ1) is 12.0. The molecule has 19 heavy (non-hydrogen) atoms. The Bertz CT molecular complexity index is 696. The van der Waals surface area contributed by atoms with Crippen molar-refractivity contribution in [2.75, 3.05) is 5.75 Å². The van der Waals surface area contributed by atoms with Crippen LogP contribution < -0.4 is 0 Å². The zero-order chi connectivity index (χ0) is 13.2. The van der Waals surface area contributed by atoms with Gasteiger partial charge in [0.15, 0.2) is 5.76 Å². The van der Waals surface area contributed by atoms with E-state index in [2.05, 4.69) is 4.98 Å². The summed E-state index contributed by atoms with van der Waals surface area (Å²) in [7, 11) is 0. The molecule has 0 saturated heterocycles. The number of carbonyl (C=O) groups excluding carboxylic acids is 1. The van der Waals surface area contributed by atoms with Gasteiger partial charge in [0.2, 0.25) is 5.78 Å². The van der Waals surface area contributed by atoms with Crippen LogP contribution in [-0.4, -0.2) is 16.5 Å². The fraction of sp³-hybridized carbons (Fsp3) is 0.143. The number of para-hydroxylation sites is 1. The zero-order valence-electron chi connectivity index (χ0n) is 10.3. The number of aryl methyl sites for hydroxylation is 1. The van der Waals surface area contributed by atoms with Crippen LogP contribution in [0.15, 0.2) is 50.7 Å². The summed E-state index contributed by atoms with van der Waals surface area (Å²) in [5.41, 5.74) is 1.53. The van der Waals surface area contributed by atoms with Crippen LogP contribution in [-0.2, 0) is 0 Å². The monoisotopic (exact) mass is 273 g/mol. The molecule has 0 aliphatic rings. The lowest BCUT2D eigenvalue weighted by atomic mass is 10.2. The Hall–Kier alpha value is -2.01. The standard InChI is InChI=1S/C14H11NO3S/c1-9-7-17-14(15-9)19-8-11(16)13-6-10-4-2-3-5-12(10)18-13/h2-7H,8H2,1H3. The first-order valence-electron chi connectivity index (χ1n) is 5.79. The molecule has 3 aromatic rings. The number of Topliss-reactive ketones (excluding diaryl/α,β-unsaturated/α-hetero) is 1. The van der Waals surface area contributed by atoms with Crippen molar-refractivity contribution in [2.24, 2.45) is 0 Å². The van der Waals surface area contributed by atoms with Crippen molar-refractivity contribution in [1.29, 1.82) is 0 Å². The van der Waals surface area contributed by atoms with Crippen molar-refractivity contribution in [2.45, 2.75) is 12.1 Å². The molecule has 0 N–H and O–H groups in total. The second kappa shape index (κ2) is 4.93. The maximum Gasteiger partial charge on any atom is 0.256 e. The van der Waals surface area contributed by atoms with E-state index in [1.807, 2.05) is 31.2 Å². The smallest absolute Gasteiger partial charge is 0.256 e. The van der Waals surface area contributed by atoms with Gasteiger partial charge in [-0.05, 0) is 19.1 Å². The third kappa shape index (κ3) is 2.56. The third-order valence-corrected chi connectivity index (χ3v) is 3.47. The minimum absolute atomic E-state index is 0.0722. The number of hydrogen-bond acceptors (Lipinski definition) is 5. The minimum atomic E-state index is -0.0722. The molecule has 2 heterocycles. The van der Waals surface area contributed by atoms with E-state index >= 15 is 0 Å². The highest BCUT2D eigenvalue weighted by molar-refractivity contribution is 7.99. The molecule has 5 heteroatoms. The summed E-state index contributed by atoms with van der Waals surface area (Å²) in [5.74, 6) is 0.550. The largest absolute Gasteiger partial charge is 0.453 e. The molecule has 4 nitrogen and oxygen atoms in total. The number of fused-ring (bicyclic) bond motifs is 1. The van der Waals surface area contributed by atoms with Crippen LogP contribution in [0, 0.1) is 6.92 Å². The quantitative estimate of drug-likeness (QED) is 0.536. The molecule has 1 aromatic carbocycles. The van der Waals surface area contributed by atoms with Crippen LogP contribution in [0.3, 0.4) is 0 Å². The number of oxazole rings is 1. The van der Waals surface area contributed by atoms with Crippen LogP contribution in [0.5, 0.6) is 0 Å². The molecule has 0 bridgehead atoms. The van der Waals surface area contributed by atoms with E-state index in [-0.39, 0.29) is 11.5 Å². The molecule has 0 atom stereocenters. The molecule has 0 unspecified atom stereocenters. The Morgan fingerprint density at radius 1 is 1.37 bits per heavy atom. The topological polar surface area (TPSA) is 56.2 Å². The maximum absolute atomic E-state index is 12.0. The van der Waals surface area contributed by atoms with E-state index in [4.69, 9.17) is 8.83 Å². The van der Waals surface area contributed by atoms with E-state index in [0.29, 0.717) is 11.0 Å². The number of benzene rings is 1. The number of thioether (sulfide) groups is 1. The Kier molecular flexibility index (Phi) is 3.13. The van der Waals surface area contributed by atoms with Gasteiger partial charge in [-0.25, -0.2) is 4.98 Å². The molecule has 0 fully saturated rings. The van der Waals surface area contributed by atoms with Crippen molar-refractivity contribution in [1.82, 2.24) is 4.98 Å². The van der Waals surface area contributed by atoms with Gasteiger partial charge in [0.05, 0.1) is 11.4 Å². The fourth-order valence-corrected chi connectivity index (χ4v) is 2.44. The first-order valence-corrected chi connectivity index (χ1v) is 6.77. The lowest BCUT2D eigenvalue weighted by Gasteiger charge is -1.93. The summed E-state index contributed by atoms with van der Waals surface area (Å²) in [5, 5.41) is 1.43. The van der Waals surface area contributed by atoms with Crippen molar-refractivity contribution < 1.29 is 13.6 Å². The SMILES string of the molecule is Cc1coc(SCC(=O)c2cc3ccccc3o2)n1. The molecular weight excluding hydrogens is 262 g/mol. The maximum atomic E-state index is 12.0. The molecule has 0 saturated carbocycles.